The lowest BCUT2D eigenvalue weighted by Crippen LogP contribution is -2.39. The Morgan fingerprint density at radius 2 is 1.57 bits per heavy atom. The van der Waals surface area contributed by atoms with Crippen LogP contribution in [-0.4, -0.2) is 18.4 Å². The van der Waals surface area contributed by atoms with Crippen molar-refractivity contribution in [2.45, 2.75) is 6.04 Å². The summed E-state index contributed by atoms with van der Waals surface area (Å²) >= 11 is 6.88. The van der Waals surface area contributed by atoms with Crippen molar-refractivity contribution < 1.29 is 9.59 Å². The van der Waals surface area contributed by atoms with Crippen molar-refractivity contribution in [3.8, 4) is 0 Å². The number of carbonyl (C=O) groups excluding carboxylic acids is 2. The standard InChI is InChI=1S/C22H20Br2N4O2/c23-16-8-6-15(7-9-16)22(30)27-19-11-10-17(24)12-18(19)21(26-13-20(29)28-25)14-4-2-1-3-5-14/h1-12,21,26H,13,25H2,(H,27,30)(H,28,29)/t21-/m1/s1. The van der Waals surface area contributed by atoms with Gasteiger partial charge in [-0.2, -0.15) is 0 Å². The van der Waals surface area contributed by atoms with E-state index in [1.165, 1.54) is 0 Å². The SMILES string of the molecule is NNC(=O)CN[C@H](c1ccccc1)c1cc(Br)ccc1NC(=O)c1ccc(Br)cc1. The Hall–Kier alpha value is -2.52. The summed E-state index contributed by atoms with van der Waals surface area (Å²) in [4.78, 5) is 24.5. The number of benzene rings is 3. The van der Waals surface area contributed by atoms with Crippen LogP contribution < -0.4 is 21.9 Å². The summed E-state index contributed by atoms with van der Waals surface area (Å²) in [6.07, 6.45) is 0. The van der Waals surface area contributed by atoms with Crippen LogP contribution in [0, 0.1) is 0 Å². The maximum Gasteiger partial charge on any atom is 0.255 e. The molecule has 0 aromatic heterocycles. The van der Waals surface area contributed by atoms with Gasteiger partial charge in [-0.15, -0.1) is 0 Å². The molecule has 0 aliphatic carbocycles. The molecule has 0 aliphatic rings. The second-order valence-electron chi connectivity index (χ2n) is 6.48. The summed E-state index contributed by atoms with van der Waals surface area (Å²) in [5.41, 5.74) is 5.06. The Morgan fingerprint density at radius 3 is 2.23 bits per heavy atom. The van der Waals surface area contributed by atoms with Crippen molar-refractivity contribution in [2.75, 3.05) is 11.9 Å². The molecular formula is C22H20Br2N4O2. The fourth-order valence-electron chi connectivity index (χ4n) is 2.98. The number of amides is 2. The van der Waals surface area contributed by atoms with Crippen LogP contribution in [-0.2, 0) is 4.79 Å². The molecule has 0 radical (unpaired) electrons. The molecule has 30 heavy (non-hydrogen) atoms. The lowest BCUT2D eigenvalue weighted by molar-refractivity contribution is -0.120. The largest absolute Gasteiger partial charge is 0.322 e. The highest BCUT2D eigenvalue weighted by Crippen LogP contribution is 2.31. The van der Waals surface area contributed by atoms with E-state index in [1.54, 1.807) is 12.1 Å². The molecule has 0 saturated heterocycles. The zero-order chi connectivity index (χ0) is 21.5. The Morgan fingerprint density at radius 1 is 0.900 bits per heavy atom. The third-order valence-corrected chi connectivity index (χ3v) is 5.46. The molecule has 154 valence electrons. The number of halogens is 2. The van der Waals surface area contributed by atoms with Gasteiger partial charge >= 0.3 is 0 Å². The average molecular weight is 532 g/mol. The molecule has 0 fully saturated rings. The number of nitrogens with two attached hydrogens (primary N) is 1. The number of hydrogen-bond donors (Lipinski definition) is 4. The van der Waals surface area contributed by atoms with E-state index in [0.29, 0.717) is 11.3 Å². The van der Waals surface area contributed by atoms with Crippen molar-refractivity contribution in [1.82, 2.24) is 10.7 Å². The Bertz CT molecular complexity index is 1030. The highest BCUT2D eigenvalue weighted by atomic mass is 79.9. The summed E-state index contributed by atoms with van der Waals surface area (Å²) in [6, 6.07) is 22.1. The average Bonchev–Trinajstić information content (AvgIpc) is 2.76. The molecule has 0 aliphatic heterocycles. The van der Waals surface area contributed by atoms with Crippen molar-refractivity contribution >= 4 is 49.4 Å². The lowest BCUT2D eigenvalue weighted by atomic mass is 9.96. The van der Waals surface area contributed by atoms with E-state index in [0.717, 1.165) is 20.1 Å². The Labute approximate surface area is 191 Å². The molecule has 2 amide bonds. The maximum absolute atomic E-state index is 12.8. The van der Waals surface area contributed by atoms with Gasteiger partial charge in [0.15, 0.2) is 0 Å². The molecule has 3 aromatic carbocycles. The number of rotatable bonds is 7. The van der Waals surface area contributed by atoms with Gasteiger partial charge in [-0.05, 0) is 53.6 Å². The van der Waals surface area contributed by atoms with Crippen LogP contribution in [0.3, 0.4) is 0 Å². The van der Waals surface area contributed by atoms with Crippen LogP contribution in [0.15, 0.2) is 81.7 Å². The van der Waals surface area contributed by atoms with E-state index in [2.05, 4.69) is 47.9 Å². The molecule has 0 saturated carbocycles. The lowest BCUT2D eigenvalue weighted by Gasteiger charge is -2.23. The van der Waals surface area contributed by atoms with Gasteiger partial charge in [0, 0.05) is 20.2 Å². The van der Waals surface area contributed by atoms with Crippen LogP contribution in [0.5, 0.6) is 0 Å². The molecule has 1 atom stereocenters. The molecule has 3 aromatic rings. The van der Waals surface area contributed by atoms with Gasteiger partial charge in [-0.3, -0.25) is 20.3 Å². The van der Waals surface area contributed by atoms with Gasteiger partial charge in [0.25, 0.3) is 5.91 Å². The zero-order valence-electron chi connectivity index (χ0n) is 15.9. The van der Waals surface area contributed by atoms with Gasteiger partial charge in [0.2, 0.25) is 5.91 Å². The molecule has 3 rings (SSSR count). The third-order valence-electron chi connectivity index (χ3n) is 4.44. The number of hydrogen-bond acceptors (Lipinski definition) is 4. The summed E-state index contributed by atoms with van der Waals surface area (Å²) in [5, 5.41) is 6.21. The second kappa shape index (κ2) is 10.5. The van der Waals surface area contributed by atoms with Gasteiger partial charge < -0.3 is 5.32 Å². The smallest absolute Gasteiger partial charge is 0.255 e. The monoisotopic (exact) mass is 530 g/mol. The van der Waals surface area contributed by atoms with Gasteiger partial charge in [-0.25, -0.2) is 5.84 Å². The quantitative estimate of drug-likeness (QED) is 0.209. The predicted molar refractivity (Wildman–Crippen MR) is 125 cm³/mol. The molecule has 5 N–H and O–H groups in total. The summed E-state index contributed by atoms with van der Waals surface area (Å²) in [6.45, 7) is 0.0165. The number of anilines is 1. The fourth-order valence-corrected chi connectivity index (χ4v) is 3.62. The van der Waals surface area contributed by atoms with E-state index < -0.39 is 0 Å². The molecule has 8 heteroatoms. The highest BCUT2D eigenvalue weighted by Gasteiger charge is 2.20. The zero-order valence-corrected chi connectivity index (χ0v) is 19.0. The van der Waals surface area contributed by atoms with E-state index in [4.69, 9.17) is 5.84 Å². The van der Waals surface area contributed by atoms with Crippen molar-refractivity contribution in [1.29, 1.82) is 0 Å². The van der Waals surface area contributed by atoms with Crippen molar-refractivity contribution in [3.05, 3.63) is 98.4 Å². The highest BCUT2D eigenvalue weighted by molar-refractivity contribution is 9.10. The van der Waals surface area contributed by atoms with E-state index in [-0.39, 0.29) is 24.4 Å². The first kappa shape index (κ1) is 22.2. The minimum atomic E-state index is -0.346. The van der Waals surface area contributed by atoms with Crippen LogP contribution in [0.1, 0.15) is 27.5 Å². The number of hydrazine groups is 1. The van der Waals surface area contributed by atoms with E-state index in [1.807, 2.05) is 60.7 Å². The Balaban J connectivity index is 1.96. The van der Waals surface area contributed by atoms with E-state index in [9.17, 15) is 9.59 Å². The normalized spacial score (nSPS) is 11.6. The summed E-state index contributed by atoms with van der Waals surface area (Å²) in [5.74, 6) is 4.66. The van der Waals surface area contributed by atoms with Gasteiger partial charge in [0.1, 0.15) is 0 Å². The molecule has 0 spiro atoms. The molecule has 0 heterocycles. The maximum atomic E-state index is 12.8. The predicted octanol–water partition coefficient (Wildman–Crippen LogP) is 4.13. The van der Waals surface area contributed by atoms with Crippen LogP contribution in [0.2, 0.25) is 0 Å². The van der Waals surface area contributed by atoms with Crippen LogP contribution in [0.25, 0.3) is 0 Å². The van der Waals surface area contributed by atoms with Gasteiger partial charge in [-0.1, -0.05) is 62.2 Å². The van der Waals surface area contributed by atoms with Gasteiger partial charge in [0.05, 0.1) is 12.6 Å². The van der Waals surface area contributed by atoms with E-state index >= 15 is 0 Å². The number of nitrogens with one attached hydrogen (secondary N) is 3. The number of carbonyl (C=O) groups is 2. The molecule has 0 bridgehead atoms. The van der Waals surface area contributed by atoms with Crippen LogP contribution in [0.4, 0.5) is 5.69 Å². The first-order chi connectivity index (χ1) is 14.5. The molecule has 0 unspecified atom stereocenters. The Kier molecular flexibility index (Phi) is 7.75. The first-order valence-electron chi connectivity index (χ1n) is 9.12. The summed E-state index contributed by atoms with van der Waals surface area (Å²) in [7, 11) is 0. The van der Waals surface area contributed by atoms with Crippen molar-refractivity contribution in [2.24, 2.45) is 5.84 Å². The second-order valence-corrected chi connectivity index (χ2v) is 8.32. The van der Waals surface area contributed by atoms with Crippen LogP contribution >= 0.6 is 31.9 Å². The fraction of sp³-hybridized carbons (Fsp3) is 0.0909. The first-order valence-corrected chi connectivity index (χ1v) is 10.7. The minimum Gasteiger partial charge on any atom is -0.322 e. The minimum absolute atomic E-state index is 0.0165. The molecule has 6 nitrogen and oxygen atoms in total. The van der Waals surface area contributed by atoms with Crippen molar-refractivity contribution in [3.63, 3.8) is 0 Å². The summed E-state index contributed by atoms with van der Waals surface area (Å²) < 4.78 is 1.75. The molecular weight excluding hydrogens is 512 g/mol. The topological polar surface area (TPSA) is 96.2 Å². The third kappa shape index (κ3) is 5.76.